The van der Waals surface area contributed by atoms with Crippen LogP contribution in [0, 0.1) is 0 Å². The van der Waals surface area contributed by atoms with Gasteiger partial charge in [0.05, 0.1) is 11.6 Å². The second-order valence-corrected chi connectivity index (χ2v) is 5.33. The van der Waals surface area contributed by atoms with E-state index in [1.165, 1.54) is 0 Å². The molecule has 0 aliphatic carbocycles. The fourth-order valence-electron chi connectivity index (χ4n) is 1.36. The highest BCUT2D eigenvalue weighted by Crippen LogP contribution is 2.22. The van der Waals surface area contributed by atoms with Crippen molar-refractivity contribution in [3.8, 4) is 0 Å². The first-order valence-electron chi connectivity index (χ1n) is 5.16. The van der Waals surface area contributed by atoms with Gasteiger partial charge >= 0.3 is 0 Å². The molecule has 88 valence electrons. The number of hydrogen-bond donors (Lipinski definition) is 2. The largest absolute Gasteiger partial charge is 0.346 e. The summed E-state index contributed by atoms with van der Waals surface area (Å²) < 4.78 is 1.02. The first-order chi connectivity index (χ1) is 7.33. The van der Waals surface area contributed by atoms with E-state index in [0.717, 1.165) is 10.0 Å². The lowest BCUT2D eigenvalue weighted by Crippen LogP contribution is -2.47. The van der Waals surface area contributed by atoms with E-state index >= 15 is 0 Å². The normalized spacial score (nSPS) is 13.3. The molecular formula is C12H17BrN2O. The molecule has 0 unspecified atom stereocenters. The number of rotatable bonds is 3. The molecule has 0 saturated carbocycles. The van der Waals surface area contributed by atoms with Gasteiger partial charge in [-0.1, -0.05) is 28.1 Å². The smallest absolute Gasteiger partial charge is 0.237 e. The number of carbonyl (C=O) groups excluding carboxylic acids is 1. The number of benzene rings is 1. The van der Waals surface area contributed by atoms with E-state index < -0.39 is 11.6 Å². The van der Waals surface area contributed by atoms with E-state index in [0.29, 0.717) is 0 Å². The fraction of sp³-hybridized carbons (Fsp3) is 0.417. The van der Waals surface area contributed by atoms with Crippen molar-refractivity contribution in [2.45, 2.75) is 32.4 Å². The van der Waals surface area contributed by atoms with Gasteiger partial charge < -0.3 is 11.1 Å². The van der Waals surface area contributed by atoms with Gasteiger partial charge in [-0.2, -0.15) is 0 Å². The topological polar surface area (TPSA) is 55.1 Å². The number of halogens is 1. The maximum atomic E-state index is 11.6. The van der Waals surface area contributed by atoms with Crippen molar-refractivity contribution in [1.29, 1.82) is 0 Å². The predicted octanol–water partition coefficient (Wildman–Crippen LogP) is 2.15. The van der Waals surface area contributed by atoms with Crippen LogP contribution in [0.2, 0.25) is 0 Å². The lowest BCUT2D eigenvalue weighted by molar-refractivity contribution is -0.123. The van der Waals surface area contributed by atoms with Crippen molar-refractivity contribution in [1.82, 2.24) is 5.32 Å². The molecular weight excluding hydrogens is 268 g/mol. The second-order valence-electron chi connectivity index (χ2n) is 4.41. The van der Waals surface area contributed by atoms with Gasteiger partial charge in [0.25, 0.3) is 0 Å². The van der Waals surface area contributed by atoms with Gasteiger partial charge in [0.2, 0.25) is 5.91 Å². The maximum Gasteiger partial charge on any atom is 0.237 e. The molecule has 3 nitrogen and oxygen atoms in total. The second kappa shape index (κ2) is 4.97. The van der Waals surface area contributed by atoms with Crippen LogP contribution in [0.4, 0.5) is 0 Å². The average Bonchev–Trinajstić information content (AvgIpc) is 2.17. The summed E-state index contributed by atoms with van der Waals surface area (Å²) >= 11 is 3.38. The van der Waals surface area contributed by atoms with Crippen LogP contribution in [-0.2, 0) is 10.3 Å². The number of amides is 1. The molecule has 0 heterocycles. The van der Waals surface area contributed by atoms with Crippen molar-refractivity contribution in [2.24, 2.45) is 5.73 Å². The van der Waals surface area contributed by atoms with Gasteiger partial charge in [-0.25, -0.2) is 0 Å². The van der Waals surface area contributed by atoms with Gasteiger partial charge in [-0.3, -0.25) is 4.79 Å². The summed E-state index contributed by atoms with van der Waals surface area (Å²) in [6.45, 7) is 5.58. The van der Waals surface area contributed by atoms with E-state index in [4.69, 9.17) is 5.73 Å². The molecule has 0 aromatic heterocycles. The first-order valence-corrected chi connectivity index (χ1v) is 5.96. The highest BCUT2D eigenvalue weighted by molar-refractivity contribution is 9.10. The Kier molecular flexibility index (Phi) is 4.10. The van der Waals surface area contributed by atoms with Gasteiger partial charge in [0.15, 0.2) is 0 Å². The summed E-state index contributed by atoms with van der Waals surface area (Å²) in [6, 6.07) is 7.37. The van der Waals surface area contributed by atoms with Crippen LogP contribution >= 0.6 is 15.9 Å². The summed E-state index contributed by atoms with van der Waals surface area (Å²) in [7, 11) is 0. The molecule has 3 N–H and O–H groups in total. The summed E-state index contributed by atoms with van der Waals surface area (Å²) in [5.41, 5.74) is 6.16. The quantitative estimate of drug-likeness (QED) is 0.894. The molecule has 1 aromatic carbocycles. The summed E-state index contributed by atoms with van der Waals surface area (Å²) in [5.74, 6) is -0.145. The van der Waals surface area contributed by atoms with Gasteiger partial charge in [-0.15, -0.1) is 0 Å². The Bertz CT molecular complexity index is 371. The van der Waals surface area contributed by atoms with Crippen molar-refractivity contribution in [3.05, 3.63) is 34.3 Å². The lowest BCUT2D eigenvalue weighted by atomic mass is 9.94. The molecule has 0 radical (unpaired) electrons. The lowest BCUT2D eigenvalue weighted by Gasteiger charge is -2.28. The highest BCUT2D eigenvalue weighted by atomic mass is 79.9. The zero-order valence-corrected chi connectivity index (χ0v) is 11.3. The molecule has 0 aliphatic rings. The number of nitrogens with one attached hydrogen (secondary N) is 1. The zero-order valence-electron chi connectivity index (χ0n) is 9.75. The Morgan fingerprint density at radius 1 is 1.38 bits per heavy atom. The Morgan fingerprint density at radius 3 is 2.31 bits per heavy atom. The van der Waals surface area contributed by atoms with E-state index in [1.54, 1.807) is 6.92 Å². The van der Waals surface area contributed by atoms with Gasteiger partial charge in [-0.05, 0) is 38.5 Å². The van der Waals surface area contributed by atoms with Crippen LogP contribution < -0.4 is 11.1 Å². The van der Waals surface area contributed by atoms with Crippen molar-refractivity contribution >= 4 is 21.8 Å². The molecule has 0 bridgehead atoms. The molecule has 1 rings (SSSR count). The molecule has 1 aromatic rings. The van der Waals surface area contributed by atoms with Crippen LogP contribution in [0.15, 0.2) is 28.7 Å². The van der Waals surface area contributed by atoms with E-state index in [-0.39, 0.29) is 5.91 Å². The minimum atomic E-state index is -0.491. The SMILES string of the molecule is C[C@H](N)C(=O)NC(C)(C)c1ccc(Br)cc1. The average molecular weight is 285 g/mol. The third kappa shape index (κ3) is 3.32. The first kappa shape index (κ1) is 13.2. The van der Waals surface area contributed by atoms with Gasteiger partial charge in [0.1, 0.15) is 0 Å². The number of carbonyl (C=O) groups is 1. The van der Waals surface area contributed by atoms with Crippen LogP contribution in [0.5, 0.6) is 0 Å². The molecule has 16 heavy (non-hydrogen) atoms. The summed E-state index contributed by atoms with van der Waals surface area (Å²) in [5, 5.41) is 2.91. The molecule has 0 saturated heterocycles. The minimum Gasteiger partial charge on any atom is -0.346 e. The van der Waals surface area contributed by atoms with Crippen LogP contribution in [-0.4, -0.2) is 11.9 Å². The highest BCUT2D eigenvalue weighted by Gasteiger charge is 2.23. The van der Waals surface area contributed by atoms with Crippen LogP contribution in [0.3, 0.4) is 0 Å². The zero-order chi connectivity index (χ0) is 12.3. The summed E-state index contributed by atoms with van der Waals surface area (Å²) in [4.78, 5) is 11.6. The maximum absolute atomic E-state index is 11.6. The van der Waals surface area contributed by atoms with Gasteiger partial charge in [0, 0.05) is 4.47 Å². The third-order valence-corrected chi connectivity index (χ3v) is 2.94. The fourth-order valence-corrected chi connectivity index (χ4v) is 1.62. The Morgan fingerprint density at radius 2 is 1.88 bits per heavy atom. The van der Waals surface area contributed by atoms with Crippen molar-refractivity contribution in [2.75, 3.05) is 0 Å². The molecule has 1 atom stereocenters. The molecule has 0 spiro atoms. The Labute approximate surface area is 105 Å². The predicted molar refractivity (Wildman–Crippen MR) is 69.0 cm³/mol. The molecule has 1 amide bonds. The van der Waals surface area contributed by atoms with Crippen molar-refractivity contribution < 1.29 is 4.79 Å². The van der Waals surface area contributed by atoms with Crippen molar-refractivity contribution in [3.63, 3.8) is 0 Å². The molecule has 0 fully saturated rings. The Balaban J connectivity index is 2.85. The number of hydrogen-bond acceptors (Lipinski definition) is 2. The molecule has 0 aliphatic heterocycles. The Hall–Kier alpha value is -0.870. The number of nitrogens with two attached hydrogens (primary N) is 1. The summed E-state index contributed by atoms with van der Waals surface area (Å²) in [6.07, 6.45) is 0. The third-order valence-electron chi connectivity index (χ3n) is 2.42. The van der Waals surface area contributed by atoms with E-state index in [2.05, 4.69) is 21.2 Å². The minimum absolute atomic E-state index is 0.145. The van der Waals surface area contributed by atoms with E-state index in [1.807, 2.05) is 38.1 Å². The van der Waals surface area contributed by atoms with E-state index in [9.17, 15) is 4.79 Å². The standard InChI is InChI=1S/C12H17BrN2O/c1-8(14)11(16)15-12(2,3)9-4-6-10(13)7-5-9/h4-8H,14H2,1-3H3,(H,15,16)/t8-/m0/s1. The van der Waals surface area contributed by atoms with Crippen LogP contribution in [0.1, 0.15) is 26.3 Å². The monoisotopic (exact) mass is 284 g/mol. The van der Waals surface area contributed by atoms with Crippen LogP contribution in [0.25, 0.3) is 0 Å². The molecule has 4 heteroatoms.